The molecule has 4 aliphatic rings. The van der Waals surface area contributed by atoms with E-state index >= 15 is 0 Å². The molecule has 0 spiro atoms. The van der Waals surface area contributed by atoms with Crippen LogP contribution >= 0.6 is 0 Å². The standard InChI is InChI=1S/C14H14N2O/c1-16-4-8-2-10-11(3-9(8)12(16)17)14-5-13(10,14)6-15-7-14/h2-3,15H,4-7H2,1H3. The maximum Gasteiger partial charge on any atom is 0.254 e. The Morgan fingerprint density at radius 1 is 1.24 bits per heavy atom. The Labute approximate surface area is 99.8 Å². The zero-order valence-corrected chi connectivity index (χ0v) is 9.84. The third-order valence-electron chi connectivity index (χ3n) is 5.51. The average Bonchev–Trinajstić information content (AvgIpc) is 2.61. The van der Waals surface area contributed by atoms with E-state index in [0.717, 1.165) is 25.2 Å². The second-order valence-electron chi connectivity index (χ2n) is 6.16. The fourth-order valence-electron chi connectivity index (χ4n) is 4.56. The van der Waals surface area contributed by atoms with E-state index in [1.165, 1.54) is 23.1 Å². The first-order valence-electron chi connectivity index (χ1n) is 6.32. The Morgan fingerprint density at radius 2 is 1.94 bits per heavy atom. The zero-order chi connectivity index (χ0) is 11.4. The Kier molecular flexibility index (Phi) is 1.10. The molecule has 1 aromatic carbocycles. The summed E-state index contributed by atoms with van der Waals surface area (Å²) in [5, 5.41) is 3.51. The molecular weight excluding hydrogens is 212 g/mol. The van der Waals surface area contributed by atoms with Crippen molar-refractivity contribution in [1.82, 2.24) is 10.2 Å². The van der Waals surface area contributed by atoms with Crippen molar-refractivity contribution in [2.45, 2.75) is 23.8 Å². The molecule has 2 aliphatic heterocycles. The predicted molar refractivity (Wildman–Crippen MR) is 63.1 cm³/mol. The molecule has 86 valence electrons. The van der Waals surface area contributed by atoms with Gasteiger partial charge in [-0.25, -0.2) is 0 Å². The molecule has 1 aromatic rings. The minimum atomic E-state index is 0.198. The number of amides is 1. The molecule has 5 rings (SSSR count). The highest BCUT2D eigenvalue weighted by Gasteiger charge is 2.79. The molecule has 0 bridgehead atoms. The summed E-state index contributed by atoms with van der Waals surface area (Å²) in [6.07, 6.45) is 1.31. The Bertz CT molecular complexity index is 608. The summed E-state index contributed by atoms with van der Waals surface area (Å²) in [6, 6.07) is 4.50. The van der Waals surface area contributed by atoms with Crippen LogP contribution in [-0.4, -0.2) is 30.9 Å². The van der Waals surface area contributed by atoms with Gasteiger partial charge in [0, 0.05) is 43.1 Å². The first-order valence-corrected chi connectivity index (χ1v) is 6.32. The lowest BCUT2D eigenvalue weighted by Gasteiger charge is -2.33. The van der Waals surface area contributed by atoms with Gasteiger partial charge in [-0.3, -0.25) is 4.79 Å². The summed E-state index contributed by atoms with van der Waals surface area (Å²) in [5.41, 5.74) is 6.06. The van der Waals surface area contributed by atoms with E-state index in [0.29, 0.717) is 10.8 Å². The highest BCUT2D eigenvalue weighted by atomic mass is 16.2. The van der Waals surface area contributed by atoms with Gasteiger partial charge in [-0.1, -0.05) is 6.07 Å². The van der Waals surface area contributed by atoms with Gasteiger partial charge in [0.15, 0.2) is 0 Å². The quantitative estimate of drug-likeness (QED) is 0.708. The molecule has 0 radical (unpaired) electrons. The number of fused-ring (bicyclic) bond motifs is 2. The minimum absolute atomic E-state index is 0.198. The van der Waals surface area contributed by atoms with Crippen LogP contribution in [0.4, 0.5) is 0 Å². The summed E-state index contributed by atoms with van der Waals surface area (Å²) in [4.78, 5) is 13.8. The van der Waals surface area contributed by atoms with Crippen LogP contribution in [-0.2, 0) is 17.4 Å². The second-order valence-corrected chi connectivity index (χ2v) is 6.16. The van der Waals surface area contributed by atoms with Gasteiger partial charge >= 0.3 is 0 Å². The van der Waals surface area contributed by atoms with Crippen molar-refractivity contribution in [3.05, 3.63) is 34.4 Å². The molecule has 2 unspecified atom stereocenters. The molecule has 1 saturated carbocycles. The third kappa shape index (κ3) is 0.659. The van der Waals surface area contributed by atoms with E-state index in [-0.39, 0.29) is 5.91 Å². The van der Waals surface area contributed by atoms with E-state index < -0.39 is 0 Å². The van der Waals surface area contributed by atoms with Gasteiger partial charge in [-0.05, 0) is 29.2 Å². The molecule has 2 fully saturated rings. The van der Waals surface area contributed by atoms with E-state index in [9.17, 15) is 4.79 Å². The molecule has 1 N–H and O–H groups in total. The Balaban J connectivity index is 1.76. The van der Waals surface area contributed by atoms with Crippen molar-refractivity contribution in [2.75, 3.05) is 20.1 Å². The molecule has 2 atom stereocenters. The first-order chi connectivity index (χ1) is 8.18. The van der Waals surface area contributed by atoms with E-state index in [4.69, 9.17) is 0 Å². The molecule has 3 heteroatoms. The third-order valence-corrected chi connectivity index (χ3v) is 5.51. The summed E-state index contributed by atoms with van der Waals surface area (Å²) in [5.74, 6) is 0.198. The SMILES string of the molecule is CN1Cc2cc3c(cc2C1=O)C12CNCC31C2. The summed E-state index contributed by atoms with van der Waals surface area (Å²) < 4.78 is 0. The lowest BCUT2D eigenvalue weighted by molar-refractivity contribution is 0.0816. The van der Waals surface area contributed by atoms with Crippen molar-refractivity contribution < 1.29 is 4.79 Å². The fourth-order valence-corrected chi connectivity index (χ4v) is 4.56. The number of nitrogens with one attached hydrogen (secondary N) is 1. The summed E-state index contributed by atoms with van der Waals surface area (Å²) in [6.45, 7) is 3.04. The number of hydrogen-bond acceptors (Lipinski definition) is 2. The minimum Gasteiger partial charge on any atom is -0.337 e. The fraction of sp³-hybridized carbons (Fsp3) is 0.500. The van der Waals surface area contributed by atoms with E-state index in [1.807, 2.05) is 11.9 Å². The maximum atomic E-state index is 12.0. The number of carbonyl (C=O) groups excluding carboxylic acids is 1. The van der Waals surface area contributed by atoms with Crippen LogP contribution in [0.25, 0.3) is 0 Å². The number of rotatable bonds is 0. The monoisotopic (exact) mass is 226 g/mol. The topological polar surface area (TPSA) is 32.3 Å². The average molecular weight is 226 g/mol. The van der Waals surface area contributed by atoms with Crippen LogP contribution in [0.3, 0.4) is 0 Å². The van der Waals surface area contributed by atoms with Crippen LogP contribution in [0.2, 0.25) is 0 Å². The zero-order valence-electron chi connectivity index (χ0n) is 9.84. The van der Waals surface area contributed by atoms with Crippen molar-refractivity contribution in [1.29, 1.82) is 0 Å². The molecular formula is C14H14N2O. The second kappa shape index (κ2) is 2.15. The van der Waals surface area contributed by atoms with Gasteiger partial charge in [-0.15, -0.1) is 0 Å². The number of nitrogens with zero attached hydrogens (tertiary/aromatic N) is 1. The maximum absolute atomic E-state index is 12.0. The van der Waals surface area contributed by atoms with Crippen LogP contribution < -0.4 is 5.32 Å². The smallest absolute Gasteiger partial charge is 0.254 e. The highest BCUT2D eigenvalue weighted by Crippen LogP contribution is 2.76. The highest BCUT2D eigenvalue weighted by molar-refractivity contribution is 5.99. The van der Waals surface area contributed by atoms with Gasteiger partial charge < -0.3 is 10.2 Å². The van der Waals surface area contributed by atoms with Crippen molar-refractivity contribution >= 4 is 5.91 Å². The van der Waals surface area contributed by atoms with Crippen LogP contribution in [0.1, 0.15) is 33.5 Å². The van der Waals surface area contributed by atoms with Crippen LogP contribution in [0, 0.1) is 0 Å². The van der Waals surface area contributed by atoms with Crippen molar-refractivity contribution in [2.24, 2.45) is 0 Å². The van der Waals surface area contributed by atoms with Gasteiger partial charge in [0.2, 0.25) is 0 Å². The van der Waals surface area contributed by atoms with Gasteiger partial charge in [0.1, 0.15) is 0 Å². The molecule has 1 amide bonds. The lowest BCUT2D eigenvalue weighted by atomic mass is 9.69. The molecule has 0 aromatic heterocycles. The van der Waals surface area contributed by atoms with E-state index in [1.54, 1.807) is 0 Å². The number of piperidine rings is 1. The normalized spacial score (nSPS) is 39.4. The van der Waals surface area contributed by atoms with Gasteiger partial charge in [0.05, 0.1) is 0 Å². The Hall–Kier alpha value is -1.35. The van der Waals surface area contributed by atoms with Crippen LogP contribution in [0.5, 0.6) is 0 Å². The number of hydrogen-bond donors (Lipinski definition) is 1. The van der Waals surface area contributed by atoms with Crippen molar-refractivity contribution in [3.8, 4) is 0 Å². The first kappa shape index (κ1) is 8.70. The van der Waals surface area contributed by atoms with Gasteiger partial charge in [-0.2, -0.15) is 0 Å². The van der Waals surface area contributed by atoms with Crippen molar-refractivity contribution in [3.63, 3.8) is 0 Å². The predicted octanol–water partition coefficient (Wildman–Crippen LogP) is 0.768. The summed E-state index contributed by atoms with van der Waals surface area (Å²) in [7, 11) is 1.89. The largest absolute Gasteiger partial charge is 0.337 e. The summed E-state index contributed by atoms with van der Waals surface area (Å²) >= 11 is 0. The number of carbonyl (C=O) groups is 1. The van der Waals surface area contributed by atoms with Gasteiger partial charge in [0.25, 0.3) is 5.91 Å². The lowest BCUT2D eigenvalue weighted by Crippen LogP contribution is -2.33. The molecule has 17 heavy (non-hydrogen) atoms. The van der Waals surface area contributed by atoms with Crippen LogP contribution in [0.15, 0.2) is 12.1 Å². The van der Waals surface area contributed by atoms with E-state index in [2.05, 4.69) is 17.4 Å². The number of benzene rings is 1. The molecule has 3 nitrogen and oxygen atoms in total. The molecule has 2 heterocycles. The molecule has 1 saturated heterocycles. The Morgan fingerprint density at radius 3 is 2.71 bits per heavy atom. The molecule has 2 aliphatic carbocycles.